The van der Waals surface area contributed by atoms with Crippen molar-refractivity contribution in [1.82, 2.24) is 9.97 Å². The van der Waals surface area contributed by atoms with Crippen LogP contribution in [-0.4, -0.2) is 49.0 Å². The number of hydrogen-bond donors (Lipinski definition) is 0. The fourth-order valence-corrected chi connectivity index (χ4v) is 2.42. The second kappa shape index (κ2) is 8.95. The van der Waals surface area contributed by atoms with Gasteiger partial charge in [0.1, 0.15) is 34.4 Å². The Kier molecular flexibility index (Phi) is 6.86. The zero-order valence-corrected chi connectivity index (χ0v) is 17.9. The van der Waals surface area contributed by atoms with Gasteiger partial charge in [-0.05, 0) is 20.8 Å². The Morgan fingerprint density at radius 3 is 2.07 bits per heavy atom. The minimum Gasteiger partial charge on any atom is -0.497 e. The van der Waals surface area contributed by atoms with E-state index >= 15 is 0 Å². The van der Waals surface area contributed by atoms with Crippen LogP contribution in [0.5, 0.6) is 11.5 Å². The SMILES string of the molecule is COc1cc(OC)cc(N(C(=O)OC(C)(C)C)C(=O)N(C)c2cc(Cl)ncn2)c1. The Morgan fingerprint density at radius 2 is 1.59 bits per heavy atom. The molecule has 0 aliphatic rings. The van der Waals surface area contributed by atoms with Crippen LogP contribution in [0.3, 0.4) is 0 Å². The van der Waals surface area contributed by atoms with Gasteiger partial charge in [0.15, 0.2) is 0 Å². The molecule has 156 valence electrons. The molecule has 3 amide bonds. The number of anilines is 2. The van der Waals surface area contributed by atoms with E-state index in [2.05, 4.69) is 9.97 Å². The van der Waals surface area contributed by atoms with E-state index in [1.807, 2.05) is 0 Å². The molecule has 10 heteroatoms. The normalized spacial score (nSPS) is 10.9. The molecule has 2 aromatic rings. The smallest absolute Gasteiger partial charge is 0.423 e. The number of urea groups is 1. The summed E-state index contributed by atoms with van der Waals surface area (Å²) in [7, 11) is 4.39. The number of rotatable bonds is 4. The molecule has 0 spiro atoms. The molecule has 0 fully saturated rings. The van der Waals surface area contributed by atoms with Gasteiger partial charge in [0.2, 0.25) is 0 Å². The van der Waals surface area contributed by atoms with Crippen molar-refractivity contribution < 1.29 is 23.8 Å². The van der Waals surface area contributed by atoms with Gasteiger partial charge in [-0.15, -0.1) is 0 Å². The average molecular weight is 423 g/mol. The van der Waals surface area contributed by atoms with Crippen molar-refractivity contribution in [1.29, 1.82) is 0 Å². The van der Waals surface area contributed by atoms with Crippen LogP contribution in [-0.2, 0) is 4.74 Å². The molecule has 0 unspecified atom stereocenters. The number of halogens is 1. The van der Waals surface area contributed by atoms with Crippen molar-refractivity contribution in [3.05, 3.63) is 35.7 Å². The van der Waals surface area contributed by atoms with Gasteiger partial charge in [-0.1, -0.05) is 11.6 Å². The lowest BCUT2D eigenvalue weighted by atomic mass is 10.2. The molecule has 1 aromatic carbocycles. The van der Waals surface area contributed by atoms with Crippen molar-refractivity contribution in [2.75, 3.05) is 31.1 Å². The van der Waals surface area contributed by atoms with Gasteiger partial charge in [-0.25, -0.2) is 19.6 Å². The van der Waals surface area contributed by atoms with Gasteiger partial charge in [-0.3, -0.25) is 4.90 Å². The van der Waals surface area contributed by atoms with E-state index in [1.165, 1.54) is 45.8 Å². The number of benzene rings is 1. The highest BCUT2D eigenvalue weighted by atomic mass is 35.5. The Bertz CT molecular complexity index is 878. The molecule has 0 saturated heterocycles. The molecule has 0 aliphatic heterocycles. The minimum atomic E-state index is -0.871. The van der Waals surface area contributed by atoms with Gasteiger partial charge in [0, 0.05) is 31.3 Å². The number of hydrogen-bond acceptors (Lipinski definition) is 7. The maximum atomic E-state index is 13.2. The standard InChI is InChI=1S/C19H23ClN4O5/c1-19(2,3)29-18(26)24(12-7-13(27-5)9-14(8-12)28-6)17(25)23(4)16-10-15(20)21-11-22-16/h7-11H,1-6H3. The van der Waals surface area contributed by atoms with Gasteiger partial charge >= 0.3 is 12.1 Å². The summed E-state index contributed by atoms with van der Waals surface area (Å²) in [6, 6.07) is 5.34. The maximum absolute atomic E-state index is 13.2. The molecule has 0 aliphatic carbocycles. The third kappa shape index (κ3) is 5.71. The van der Waals surface area contributed by atoms with Crippen LogP contribution in [0.1, 0.15) is 20.8 Å². The predicted octanol–water partition coefficient (Wildman–Crippen LogP) is 4.15. The van der Waals surface area contributed by atoms with E-state index in [1.54, 1.807) is 26.8 Å². The highest BCUT2D eigenvalue weighted by Crippen LogP contribution is 2.30. The van der Waals surface area contributed by atoms with Crippen LogP contribution in [0, 0.1) is 0 Å². The molecule has 2 rings (SSSR count). The van der Waals surface area contributed by atoms with Crippen LogP contribution < -0.4 is 19.3 Å². The Labute approximate surface area is 174 Å². The summed E-state index contributed by atoms with van der Waals surface area (Å²) in [5.41, 5.74) is -0.623. The average Bonchev–Trinajstić information content (AvgIpc) is 2.65. The highest BCUT2D eigenvalue weighted by Gasteiger charge is 2.32. The summed E-state index contributed by atoms with van der Waals surface area (Å²) < 4.78 is 15.9. The van der Waals surface area contributed by atoms with Crippen LogP contribution in [0.2, 0.25) is 5.15 Å². The van der Waals surface area contributed by atoms with E-state index in [0.717, 1.165) is 9.80 Å². The molecule has 29 heavy (non-hydrogen) atoms. The molecule has 0 bridgehead atoms. The van der Waals surface area contributed by atoms with Crippen LogP contribution in [0.4, 0.5) is 21.1 Å². The number of aromatic nitrogens is 2. The molecule has 0 radical (unpaired) electrons. The first-order valence-corrected chi connectivity index (χ1v) is 8.95. The van der Waals surface area contributed by atoms with Gasteiger partial charge in [0.05, 0.1) is 19.9 Å². The van der Waals surface area contributed by atoms with Crippen LogP contribution in [0.25, 0.3) is 0 Å². The zero-order valence-electron chi connectivity index (χ0n) is 17.1. The van der Waals surface area contributed by atoms with E-state index in [4.69, 9.17) is 25.8 Å². The number of imide groups is 1. The minimum absolute atomic E-state index is 0.154. The topological polar surface area (TPSA) is 94.1 Å². The second-order valence-corrected chi connectivity index (χ2v) is 7.31. The first-order valence-electron chi connectivity index (χ1n) is 8.57. The number of nitrogens with zero attached hydrogens (tertiary/aromatic N) is 4. The highest BCUT2D eigenvalue weighted by molar-refractivity contribution is 6.29. The fourth-order valence-electron chi connectivity index (χ4n) is 2.28. The Balaban J connectivity index is 2.53. The Morgan fingerprint density at radius 1 is 1.00 bits per heavy atom. The van der Waals surface area contributed by atoms with Gasteiger partial charge in [0.25, 0.3) is 0 Å². The van der Waals surface area contributed by atoms with E-state index < -0.39 is 17.7 Å². The molecule has 0 N–H and O–H groups in total. The summed E-state index contributed by atoms with van der Waals surface area (Å²) in [6.07, 6.45) is 0.346. The molecule has 0 atom stereocenters. The summed E-state index contributed by atoms with van der Waals surface area (Å²) in [5, 5.41) is 0.154. The lowest BCUT2D eigenvalue weighted by Crippen LogP contribution is -2.47. The van der Waals surface area contributed by atoms with E-state index in [-0.39, 0.29) is 16.7 Å². The number of ether oxygens (including phenoxy) is 3. The predicted molar refractivity (Wildman–Crippen MR) is 109 cm³/mol. The third-order valence-corrected chi connectivity index (χ3v) is 3.82. The molecular weight excluding hydrogens is 400 g/mol. The van der Waals surface area contributed by atoms with Crippen molar-refractivity contribution in [3.8, 4) is 11.5 Å². The molecule has 0 saturated carbocycles. The van der Waals surface area contributed by atoms with Crippen molar-refractivity contribution in [3.63, 3.8) is 0 Å². The summed E-state index contributed by atoms with van der Waals surface area (Å²) in [6.45, 7) is 5.11. The molecule has 9 nitrogen and oxygen atoms in total. The number of amides is 3. The van der Waals surface area contributed by atoms with Crippen molar-refractivity contribution >= 4 is 35.2 Å². The number of methoxy groups -OCH3 is 2. The second-order valence-electron chi connectivity index (χ2n) is 6.93. The first kappa shape index (κ1) is 22.2. The van der Waals surface area contributed by atoms with E-state index in [0.29, 0.717) is 11.5 Å². The van der Waals surface area contributed by atoms with Crippen molar-refractivity contribution in [2.24, 2.45) is 0 Å². The third-order valence-electron chi connectivity index (χ3n) is 3.61. The number of carbonyl (C=O) groups is 2. The summed E-state index contributed by atoms with van der Waals surface area (Å²) >= 11 is 5.89. The summed E-state index contributed by atoms with van der Waals surface area (Å²) in [5.74, 6) is 1.00. The Hall–Kier alpha value is -3.07. The van der Waals surface area contributed by atoms with E-state index in [9.17, 15) is 9.59 Å². The van der Waals surface area contributed by atoms with Gasteiger partial charge < -0.3 is 14.2 Å². The van der Waals surface area contributed by atoms with Gasteiger partial charge in [-0.2, -0.15) is 4.90 Å². The summed E-state index contributed by atoms with van der Waals surface area (Å²) in [4.78, 5) is 36.0. The lowest BCUT2D eigenvalue weighted by molar-refractivity contribution is 0.0594. The number of carbonyl (C=O) groups excluding carboxylic acids is 2. The zero-order chi connectivity index (χ0) is 21.8. The monoisotopic (exact) mass is 422 g/mol. The van der Waals surface area contributed by atoms with Crippen LogP contribution >= 0.6 is 11.6 Å². The lowest BCUT2D eigenvalue weighted by Gasteiger charge is -2.29. The quantitative estimate of drug-likeness (QED) is 0.683. The molecule has 1 heterocycles. The maximum Gasteiger partial charge on any atom is 0.423 e. The van der Waals surface area contributed by atoms with Crippen LogP contribution in [0.15, 0.2) is 30.6 Å². The largest absolute Gasteiger partial charge is 0.497 e. The fraction of sp³-hybridized carbons (Fsp3) is 0.368. The molecular formula is C19H23ClN4O5. The molecule has 1 aromatic heterocycles. The first-order chi connectivity index (χ1) is 13.6. The van der Waals surface area contributed by atoms with Crippen molar-refractivity contribution in [2.45, 2.75) is 26.4 Å².